The van der Waals surface area contributed by atoms with Crippen LogP contribution in [0.25, 0.3) is 11.1 Å². The van der Waals surface area contributed by atoms with Gasteiger partial charge >= 0.3 is 6.18 Å². The number of carbonyl (C=O) groups is 3. The van der Waals surface area contributed by atoms with E-state index in [1.54, 1.807) is 32.0 Å². The molecule has 0 bridgehead atoms. The molecule has 0 saturated carbocycles. The van der Waals surface area contributed by atoms with E-state index in [0.29, 0.717) is 16.9 Å². The van der Waals surface area contributed by atoms with Crippen molar-refractivity contribution >= 4 is 23.4 Å². The first-order chi connectivity index (χ1) is 19.5. The summed E-state index contributed by atoms with van der Waals surface area (Å²) in [5.41, 5.74) is 2.20. The van der Waals surface area contributed by atoms with E-state index >= 15 is 0 Å². The molecule has 1 fully saturated rings. The largest absolute Gasteiger partial charge is 0.483 e. The number of piperazine rings is 1. The molecule has 1 saturated heterocycles. The first-order valence-electron chi connectivity index (χ1n) is 12.8. The molecule has 3 aromatic carbocycles. The molecule has 2 aliphatic heterocycles. The summed E-state index contributed by atoms with van der Waals surface area (Å²) in [5, 5.41) is 11.9. The number of ether oxygens (including phenoxy) is 1. The van der Waals surface area contributed by atoms with Crippen LogP contribution in [0.5, 0.6) is 5.75 Å². The molecule has 1 unspecified atom stereocenters. The summed E-state index contributed by atoms with van der Waals surface area (Å²) < 4.78 is 45.5. The van der Waals surface area contributed by atoms with Gasteiger partial charge in [0.15, 0.2) is 6.61 Å². The molecule has 11 heteroatoms. The number of nitrogens with one attached hydrogen (secondary N) is 1. The number of aryl methyl sites for hydroxylation is 2. The fourth-order valence-corrected chi connectivity index (χ4v) is 5.20. The van der Waals surface area contributed by atoms with Crippen LogP contribution in [0.4, 0.5) is 18.9 Å². The van der Waals surface area contributed by atoms with E-state index in [9.17, 15) is 27.6 Å². The maximum absolute atomic E-state index is 13.5. The average molecular weight is 563 g/mol. The SMILES string of the molecule is Cc1cc(C#N)cc(C)c1OCC(=O)N1CCN2C(=O)c3cc(-c4cccc(C(F)(F)F)c4)ccc3NC(=O)C2C1. The zero-order valence-corrected chi connectivity index (χ0v) is 22.2. The van der Waals surface area contributed by atoms with Crippen LogP contribution in [-0.2, 0) is 15.8 Å². The Morgan fingerprint density at radius 2 is 1.76 bits per heavy atom. The number of carbonyl (C=O) groups excluding carboxylic acids is 3. The second-order valence-corrected chi connectivity index (χ2v) is 10.0. The molecular weight excluding hydrogens is 537 g/mol. The van der Waals surface area contributed by atoms with Gasteiger partial charge in [-0.3, -0.25) is 14.4 Å². The van der Waals surface area contributed by atoms with Gasteiger partial charge in [-0.1, -0.05) is 18.2 Å². The van der Waals surface area contributed by atoms with Gasteiger partial charge in [0.1, 0.15) is 11.8 Å². The Kier molecular flexibility index (Phi) is 7.17. The Labute approximate surface area is 233 Å². The predicted octanol–water partition coefficient (Wildman–Crippen LogP) is 4.55. The van der Waals surface area contributed by atoms with Crippen LogP contribution in [-0.4, -0.2) is 59.8 Å². The lowest BCUT2D eigenvalue weighted by molar-refractivity contribution is -0.138. The van der Waals surface area contributed by atoms with E-state index in [0.717, 1.165) is 23.3 Å². The molecule has 3 amide bonds. The van der Waals surface area contributed by atoms with Crippen molar-refractivity contribution in [1.29, 1.82) is 5.26 Å². The third-order valence-corrected chi connectivity index (χ3v) is 7.26. The minimum absolute atomic E-state index is 0.0421. The van der Waals surface area contributed by atoms with Crippen LogP contribution in [0, 0.1) is 25.2 Å². The summed E-state index contributed by atoms with van der Waals surface area (Å²) in [6.07, 6.45) is -4.51. The van der Waals surface area contributed by atoms with Crippen LogP contribution in [0.3, 0.4) is 0 Å². The van der Waals surface area contributed by atoms with Gasteiger partial charge in [0.2, 0.25) is 5.91 Å². The summed E-state index contributed by atoms with van der Waals surface area (Å²) in [7, 11) is 0. The molecule has 1 atom stereocenters. The first kappa shape index (κ1) is 27.7. The van der Waals surface area contributed by atoms with E-state index in [2.05, 4.69) is 11.4 Å². The molecule has 0 aliphatic carbocycles. The van der Waals surface area contributed by atoms with Gasteiger partial charge in [0, 0.05) is 13.1 Å². The van der Waals surface area contributed by atoms with Gasteiger partial charge in [-0.2, -0.15) is 18.4 Å². The number of hydrogen-bond acceptors (Lipinski definition) is 5. The van der Waals surface area contributed by atoms with Gasteiger partial charge in [0.05, 0.1) is 35.0 Å². The number of alkyl halides is 3. The number of nitrogens with zero attached hydrogens (tertiary/aromatic N) is 3. The first-order valence-corrected chi connectivity index (χ1v) is 12.8. The highest BCUT2D eigenvalue weighted by atomic mass is 19.4. The number of hydrogen-bond donors (Lipinski definition) is 1. The third-order valence-electron chi connectivity index (χ3n) is 7.26. The predicted molar refractivity (Wildman–Crippen MR) is 143 cm³/mol. The van der Waals surface area contributed by atoms with Gasteiger partial charge in [-0.15, -0.1) is 0 Å². The minimum Gasteiger partial charge on any atom is -0.483 e. The molecule has 0 radical (unpaired) electrons. The number of rotatable bonds is 4. The van der Waals surface area contributed by atoms with Gasteiger partial charge in [-0.25, -0.2) is 0 Å². The van der Waals surface area contributed by atoms with Gasteiger partial charge in [0.25, 0.3) is 11.8 Å². The van der Waals surface area contributed by atoms with Crippen LogP contribution in [0.15, 0.2) is 54.6 Å². The second kappa shape index (κ2) is 10.6. The highest BCUT2D eigenvalue weighted by Gasteiger charge is 2.40. The van der Waals surface area contributed by atoms with E-state index in [-0.39, 0.29) is 49.0 Å². The van der Waals surface area contributed by atoms with Crippen LogP contribution in [0.2, 0.25) is 0 Å². The normalized spacial score (nSPS) is 16.7. The lowest BCUT2D eigenvalue weighted by Gasteiger charge is -2.39. The number of fused-ring (bicyclic) bond motifs is 2. The van der Waals surface area contributed by atoms with Crippen molar-refractivity contribution in [2.75, 3.05) is 31.6 Å². The smallest absolute Gasteiger partial charge is 0.416 e. The number of nitriles is 1. The maximum atomic E-state index is 13.5. The van der Waals surface area contributed by atoms with Gasteiger partial charge < -0.3 is 19.9 Å². The van der Waals surface area contributed by atoms with E-state index in [1.807, 2.05) is 0 Å². The Morgan fingerprint density at radius 3 is 2.44 bits per heavy atom. The van der Waals surface area contributed by atoms with Crippen molar-refractivity contribution in [2.45, 2.75) is 26.1 Å². The maximum Gasteiger partial charge on any atom is 0.416 e. The molecule has 3 aromatic rings. The van der Waals surface area contributed by atoms with Gasteiger partial charge in [-0.05, 0) is 72.5 Å². The summed E-state index contributed by atoms with van der Waals surface area (Å²) in [6, 6.07) is 13.8. The van der Waals surface area contributed by atoms with Crippen LogP contribution < -0.4 is 10.1 Å². The molecule has 8 nitrogen and oxygen atoms in total. The van der Waals surface area contributed by atoms with E-state index in [4.69, 9.17) is 10.00 Å². The highest BCUT2D eigenvalue weighted by Crippen LogP contribution is 2.34. The Hall–Kier alpha value is -4.85. The lowest BCUT2D eigenvalue weighted by Crippen LogP contribution is -2.60. The van der Waals surface area contributed by atoms with Crippen LogP contribution in [0.1, 0.15) is 32.6 Å². The number of anilines is 1. The Bertz CT molecular complexity index is 1590. The second-order valence-electron chi connectivity index (χ2n) is 10.0. The average Bonchev–Trinajstić information content (AvgIpc) is 3.05. The number of halogens is 3. The number of amides is 3. The van der Waals surface area contributed by atoms with Crippen molar-refractivity contribution < 1.29 is 32.3 Å². The fraction of sp³-hybridized carbons (Fsp3) is 0.267. The standard InChI is InChI=1S/C30H25F3N4O4/c1-17-10-19(14-34)11-18(2)27(17)41-16-26(38)36-8-9-37-25(15-36)28(39)35-24-7-6-21(13-23(24)29(37)40)20-4-3-5-22(12-20)30(31,32)33/h3-7,10-13,25H,8-9,15-16H2,1-2H3,(H,35,39). The summed E-state index contributed by atoms with van der Waals surface area (Å²) in [5.74, 6) is -0.780. The molecule has 1 N–H and O–H groups in total. The zero-order valence-electron chi connectivity index (χ0n) is 22.2. The molecule has 5 rings (SSSR count). The van der Waals surface area contributed by atoms with Crippen molar-refractivity contribution in [2.24, 2.45) is 0 Å². The monoisotopic (exact) mass is 562 g/mol. The summed E-state index contributed by atoms with van der Waals surface area (Å²) in [4.78, 5) is 42.5. The van der Waals surface area contributed by atoms with Crippen molar-refractivity contribution in [3.63, 3.8) is 0 Å². The highest BCUT2D eigenvalue weighted by molar-refractivity contribution is 6.10. The molecule has 2 aliphatic rings. The lowest BCUT2D eigenvalue weighted by atomic mass is 9.99. The number of benzene rings is 3. The van der Waals surface area contributed by atoms with Crippen molar-refractivity contribution in [1.82, 2.24) is 9.80 Å². The quantitative estimate of drug-likeness (QED) is 0.503. The topological polar surface area (TPSA) is 103 Å². The molecule has 0 spiro atoms. The van der Waals surface area contributed by atoms with E-state index in [1.165, 1.54) is 34.1 Å². The Balaban J connectivity index is 1.32. The van der Waals surface area contributed by atoms with Crippen molar-refractivity contribution in [3.8, 4) is 22.9 Å². The van der Waals surface area contributed by atoms with Crippen LogP contribution >= 0.6 is 0 Å². The summed E-state index contributed by atoms with van der Waals surface area (Å²) >= 11 is 0. The molecule has 41 heavy (non-hydrogen) atoms. The Morgan fingerprint density at radius 1 is 1.05 bits per heavy atom. The molecular formula is C30H25F3N4O4. The molecule has 0 aromatic heterocycles. The summed E-state index contributed by atoms with van der Waals surface area (Å²) in [6.45, 7) is 3.50. The molecule has 210 valence electrons. The molecule has 2 heterocycles. The third kappa shape index (κ3) is 5.45. The fourth-order valence-electron chi connectivity index (χ4n) is 5.20. The van der Waals surface area contributed by atoms with Crippen molar-refractivity contribution in [3.05, 3.63) is 82.4 Å². The minimum atomic E-state index is -4.51. The van der Waals surface area contributed by atoms with E-state index < -0.39 is 29.6 Å². The zero-order chi connectivity index (χ0) is 29.5.